The molecule has 0 heterocycles. The lowest BCUT2D eigenvalue weighted by Crippen LogP contribution is -2.16. The van der Waals surface area contributed by atoms with Crippen molar-refractivity contribution in [1.29, 1.82) is 0 Å². The van der Waals surface area contributed by atoms with Crippen molar-refractivity contribution in [2.75, 3.05) is 13.6 Å². The maximum absolute atomic E-state index is 12.9. The van der Waals surface area contributed by atoms with E-state index in [0.29, 0.717) is 5.92 Å². The first-order chi connectivity index (χ1) is 6.69. The first kappa shape index (κ1) is 11.5. The average Bonchev–Trinajstić information content (AvgIpc) is 2.19. The summed E-state index contributed by atoms with van der Waals surface area (Å²) in [7, 11) is 1.91. The Hall–Kier alpha value is -0.600. The fraction of sp³-hybridized carbons (Fsp3) is 0.455. The van der Waals surface area contributed by atoms with Crippen LogP contribution in [0.5, 0.6) is 0 Å². The molecule has 0 aliphatic carbocycles. The third kappa shape index (κ3) is 2.69. The molecule has 0 saturated heterocycles. The van der Waals surface area contributed by atoms with Crippen molar-refractivity contribution in [2.45, 2.75) is 19.3 Å². The van der Waals surface area contributed by atoms with Crippen LogP contribution >= 0.6 is 11.6 Å². The van der Waals surface area contributed by atoms with Gasteiger partial charge in [0.05, 0.1) is 5.02 Å². The third-order valence-electron chi connectivity index (χ3n) is 2.36. The van der Waals surface area contributed by atoms with Crippen molar-refractivity contribution in [1.82, 2.24) is 5.32 Å². The van der Waals surface area contributed by atoms with Crippen LogP contribution in [0.2, 0.25) is 5.02 Å². The Bertz CT molecular complexity index is 301. The summed E-state index contributed by atoms with van der Waals surface area (Å²) in [6.07, 6.45) is 1.02. The molecule has 1 rings (SSSR count). The third-order valence-corrected chi connectivity index (χ3v) is 2.65. The zero-order valence-corrected chi connectivity index (χ0v) is 9.24. The fourth-order valence-corrected chi connectivity index (χ4v) is 1.70. The first-order valence-electron chi connectivity index (χ1n) is 4.78. The minimum atomic E-state index is -0.352. The van der Waals surface area contributed by atoms with E-state index in [1.807, 2.05) is 7.05 Å². The largest absolute Gasteiger partial charge is 0.319 e. The summed E-state index contributed by atoms with van der Waals surface area (Å²) in [6, 6.07) is 4.94. The molecule has 14 heavy (non-hydrogen) atoms. The smallest absolute Gasteiger partial charge is 0.141 e. The second-order valence-corrected chi connectivity index (χ2v) is 3.74. The minimum absolute atomic E-state index is 0.206. The van der Waals surface area contributed by atoms with E-state index < -0.39 is 0 Å². The van der Waals surface area contributed by atoms with E-state index in [2.05, 4.69) is 12.2 Å². The van der Waals surface area contributed by atoms with Crippen molar-refractivity contribution in [3.8, 4) is 0 Å². The topological polar surface area (TPSA) is 12.0 Å². The molecule has 1 unspecified atom stereocenters. The molecule has 1 aromatic rings. The Labute approximate surface area is 89.3 Å². The van der Waals surface area contributed by atoms with Crippen LogP contribution < -0.4 is 5.32 Å². The number of rotatable bonds is 4. The highest BCUT2D eigenvalue weighted by atomic mass is 35.5. The molecule has 0 amide bonds. The molecule has 3 heteroatoms. The summed E-state index contributed by atoms with van der Waals surface area (Å²) in [6.45, 7) is 3.00. The van der Waals surface area contributed by atoms with E-state index in [9.17, 15) is 4.39 Å². The lowest BCUT2D eigenvalue weighted by atomic mass is 9.96. The van der Waals surface area contributed by atoms with E-state index in [0.717, 1.165) is 18.5 Å². The normalized spacial score (nSPS) is 12.9. The van der Waals surface area contributed by atoms with Crippen molar-refractivity contribution in [3.05, 3.63) is 34.6 Å². The Balaban J connectivity index is 2.88. The van der Waals surface area contributed by atoms with Crippen LogP contribution in [0.4, 0.5) is 4.39 Å². The Morgan fingerprint density at radius 2 is 2.21 bits per heavy atom. The molecule has 0 fully saturated rings. The second kappa shape index (κ2) is 5.32. The number of nitrogens with one attached hydrogen (secondary N) is 1. The van der Waals surface area contributed by atoms with Gasteiger partial charge in [-0.05, 0) is 37.1 Å². The monoisotopic (exact) mass is 215 g/mol. The molecule has 0 aromatic heterocycles. The van der Waals surface area contributed by atoms with Gasteiger partial charge in [-0.1, -0.05) is 24.6 Å². The van der Waals surface area contributed by atoms with Crippen LogP contribution in [0.1, 0.15) is 24.8 Å². The van der Waals surface area contributed by atoms with Crippen LogP contribution in [0, 0.1) is 5.82 Å². The van der Waals surface area contributed by atoms with Gasteiger partial charge < -0.3 is 5.32 Å². The molecule has 1 N–H and O–H groups in total. The standard InChI is InChI=1S/C11H15ClFN/c1-3-8(7-14-2)9-4-5-11(13)10(12)6-9/h4-6,8,14H,3,7H2,1-2H3. The highest BCUT2D eigenvalue weighted by Crippen LogP contribution is 2.23. The average molecular weight is 216 g/mol. The molecular formula is C11H15ClFN. The van der Waals surface area contributed by atoms with E-state index in [1.54, 1.807) is 12.1 Å². The first-order valence-corrected chi connectivity index (χ1v) is 5.16. The highest BCUT2D eigenvalue weighted by molar-refractivity contribution is 6.30. The zero-order chi connectivity index (χ0) is 10.6. The quantitative estimate of drug-likeness (QED) is 0.814. The molecule has 0 saturated carbocycles. The van der Waals surface area contributed by atoms with Crippen LogP contribution in [-0.4, -0.2) is 13.6 Å². The van der Waals surface area contributed by atoms with Gasteiger partial charge in [-0.15, -0.1) is 0 Å². The van der Waals surface area contributed by atoms with Gasteiger partial charge in [0.25, 0.3) is 0 Å². The van der Waals surface area contributed by atoms with Gasteiger partial charge in [0.1, 0.15) is 5.82 Å². The lowest BCUT2D eigenvalue weighted by molar-refractivity contribution is 0.602. The molecular weight excluding hydrogens is 201 g/mol. The summed E-state index contributed by atoms with van der Waals surface area (Å²) >= 11 is 5.72. The fourth-order valence-electron chi connectivity index (χ4n) is 1.51. The van der Waals surface area contributed by atoms with E-state index in [4.69, 9.17) is 11.6 Å². The summed E-state index contributed by atoms with van der Waals surface area (Å²) in [4.78, 5) is 0. The predicted molar refractivity (Wildman–Crippen MR) is 58.4 cm³/mol. The Morgan fingerprint density at radius 1 is 1.50 bits per heavy atom. The van der Waals surface area contributed by atoms with Crippen molar-refractivity contribution in [3.63, 3.8) is 0 Å². The molecule has 1 nitrogen and oxygen atoms in total. The predicted octanol–water partition coefficient (Wildman–Crippen LogP) is 3.19. The number of halogens is 2. The molecule has 0 aliphatic heterocycles. The van der Waals surface area contributed by atoms with Gasteiger partial charge in [-0.25, -0.2) is 4.39 Å². The van der Waals surface area contributed by atoms with Crippen LogP contribution in [0.25, 0.3) is 0 Å². The van der Waals surface area contributed by atoms with Gasteiger partial charge in [-0.3, -0.25) is 0 Å². The van der Waals surface area contributed by atoms with E-state index >= 15 is 0 Å². The van der Waals surface area contributed by atoms with Crippen LogP contribution in [0.3, 0.4) is 0 Å². The number of likely N-dealkylation sites (N-methyl/N-ethyl adjacent to an activating group) is 1. The minimum Gasteiger partial charge on any atom is -0.319 e. The van der Waals surface area contributed by atoms with Gasteiger partial charge in [0.2, 0.25) is 0 Å². The molecule has 0 aliphatic rings. The summed E-state index contributed by atoms with van der Waals surface area (Å²) in [5.74, 6) is 0.0489. The molecule has 0 bridgehead atoms. The zero-order valence-electron chi connectivity index (χ0n) is 8.48. The maximum Gasteiger partial charge on any atom is 0.141 e. The van der Waals surface area contributed by atoms with Crippen LogP contribution in [-0.2, 0) is 0 Å². The summed E-state index contributed by atoms with van der Waals surface area (Å²) in [5.41, 5.74) is 1.09. The van der Waals surface area contributed by atoms with Crippen molar-refractivity contribution >= 4 is 11.6 Å². The molecule has 0 radical (unpaired) electrons. The van der Waals surface area contributed by atoms with Gasteiger partial charge in [-0.2, -0.15) is 0 Å². The van der Waals surface area contributed by atoms with Gasteiger partial charge in [0, 0.05) is 6.54 Å². The SMILES string of the molecule is CCC(CNC)c1ccc(F)c(Cl)c1. The number of benzene rings is 1. The lowest BCUT2D eigenvalue weighted by Gasteiger charge is -2.14. The number of hydrogen-bond acceptors (Lipinski definition) is 1. The second-order valence-electron chi connectivity index (χ2n) is 3.34. The Morgan fingerprint density at radius 3 is 2.71 bits per heavy atom. The molecule has 1 aromatic carbocycles. The summed E-state index contributed by atoms with van der Waals surface area (Å²) < 4.78 is 12.9. The van der Waals surface area contributed by atoms with Crippen molar-refractivity contribution in [2.24, 2.45) is 0 Å². The van der Waals surface area contributed by atoms with E-state index in [1.165, 1.54) is 6.07 Å². The molecule has 0 spiro atoms. The van der Waals surface area contributed by atoms with Crippen molar-refractivity contribution < 1.29 is 4.39 Å². The highest BCUT2D eigenvalue weighted by Gasteiger charge is 2.10. The van der Waals surface area contributed by atoms with Crippen LogP contribution in [0.15, 0.2) is 18.2 Å². The summed E-state index contributed by atoms with van der Waals surface area (Å²) in [5, 5.41) is 3.32. The van der Waals surface area contributed by atoms with Gasteiger partial charge in [0.15, 0.2) is 0 Å². The molecule has 1 atom stereocenters. The van der Waals surface area contributed by atoms with E-state index in [-0.39, 0.29) is 10.8 Å². The maximum atomic E-state index is 12.9. The molecule has 78 valence electrons. The Kier molecular flexibility index (Phi) is 4.36. The number of hydrogen-bond donors (Lipinski definition) is 1. The van der Waals surface area contributed by atoms with Gasteiger partial charge >= 0.3 is 0 Å².